The Morgan fingerprint density at radius 2 is 2.43 bits per heavy atom. The Bertz CT molecular complexity index is 731. The average molecular weight is 285 g/mol. The standard InChI is InChI=1S/C15H15N3O3/c1-20-6-5-16-14-8-12(19)13(21-14)7-10-9-18-15-11(10)3-2-4-17-15/h2-4,7-9,16H,5-6H2,1H3,(H,17,18). The fourth-order valence-electron chi connectivity index (χ4n) is 2.09. The monoisotopic (exact) mass is 285 g/mol. The molecule has 6 nitrogen and oxygen atoms in total. The lowest BCUT2D eigenvalue weighted by Gasteiger charge is -2.06. The van der Waals surface area contributed by atoms with Gasteiger partial charge in [-0.3, -0.25) is 4.79 Å². The summed E-state index contributed by atoms with van der Waals surface area (Å²) in [5, 5.41) is 3.94. The van der Waals surface area contributed by atoms with E-state index in [1.165, 1.54) is 6.08 Å². The maximum absolute atomic E-state index is 11.9. The van der Waals surface area contributed by atoms with Gasteiger partial charge in [0.05, 0.1) is 6.61 Å². The summed E-state index contributed by atoms with van der Waals surface area (Å²) in [6, 6.07) is 3.79. The summed E-state index contributed by atoms with van der Waals surface area (Å²) in [6.45, 7) is 1.13. The van der Waals surface area contributed by atoms with Crippen molar-refractivity contribution in [1.29, 1.82) is 0 Å². The number of aromatic amines is 1. The molecule has 0 radical (unpaired) electrons. The number of ketones is 1. The number of nitrogens with one attached hydrogen (secondary N) is 2. The summed E-state index contributed by atoms with van der Waals surface area (Å²) < 4.78 is 10.4. The van der Waals surface area contributed by atoms with E-state index in [9.17, 15) is 4.79 Å². The van der Waals surface area contributed by atoms with Crippen molar-refractivity contribution in [3.8, 4) is 0 Å². The Balaban J connectivity index is 1.77. The molecule has 2 aromatic heterocycles. The number of pyridine rings is 1. The molecular formula is C15H15N3O3. The van der Waals surface area contributed by atoms with Crippen LogP contribution in [-0.4, -0.2) is 36.0 Å². The number of hydrogen-bond donors (Lipinski definition) is 2. The van der Waals surface area contributed by atoms with Gasteiger partial charge in [0.15, 0.2) is 11.6 Å². The number of carbonyl (C=O) groups is 1. The Hall–Kier alpha value is -2.60. The lowest BCUT2D eigenvalue weighted by molar-refractivity contribution is -0.112. The van der Waals surface area contributed by atoms with Gasteiger partial charge in [0.1, 0.15) is 5.65 Å². The molecule has 0 unspecified atom stereocenters. The molecule has 1 aliphatic heterocycles. The van der Waals surface area contributed by atoms with Crippen LogP contribution < -0.4 is 5.32 Å². The minimum atomic E-state index is -0.159. The first-order valence-electron chi connectivity index (χ1n) is 6.58. The van der Waals surface area contributed by atoms with Crippen molar-refractivity contribution in [1.82, 2.24) is 15.3 Å². The third-order valence-corrected chi connectivity index (χ3v) is 3.10. The van der Waals surface area contributed by atoms with Gasteiger partial charge in [-0.2, -0.15) is 0 Å². The topological polar surface area (TPSA) is 76.2 Å². The molecule has 1 aliphatic rings. The first kappa shape index (κ1) is 13.4. The lowest BCUT2D eigenvalue weighted by atomic mass is 10.2. The Morgan fingerprint density at radius 3 is 3.29 bits per heavy atom. The number of hydrogen-bond acceptors (Lipinski definition) is 5. The second kappa shape index (κ2) is 5.80. The van der Waals surface area contributed by atoms with Gasteiger partial charge in [-0.15, -0.1) is 0 Å². The summed E-state index contributed by atoms with van der Waals surface area (Å²) in [6.07, 6.45) is 6.67. The van der Waals surface area contributed by atoms with Crippen LogP contribution in [0.4, 0.5) is 0 Å². The second-order valence-electron chi connectivity index (χ2n) is 4.55. The predicted molar refractivity (Wildman–Crippen MR) is 78.1 cm³/mol. The molecule has 0 atom stereocenters. The van der Waals surface area contributed by atoms with Crippen molar-refractivity contribution in [2.24, 2.45) is 0 Å². The van der Waals surface area contributed by atoms with Crippen molar-refractivity contribution in [2.75, 3.05) is 20.3 Å². The summed E-state index contributed by atoms with van der Waals surface area (Å²) in [5.41, 5.74) is 1.65. The molecule has 0 aromatic carbocycles. The molecule has 0 saturated carbocycles. The summed E-state index contributed by atoms with van der Waals surface area (Å²) >= 11 is 0. The highest BCUT2D eigenvalue weighted by molar-refractivity contribution is 6.08. The average Bonchev–Trinajstić information content (AvgIpc) is 3.05. The molecule has 2 N–H and O–H groups in total. The zero-order valence-electron chi connectivity index (χ0n) is 11.6. The maximum atomic E-state index is 11.9. The van der Waals surface area contributed by atoms with E-state index in [2.05, 4.69) is 15.3 Å². The number of fused-ring (bicyclic) bond motifs is 1. The van der Waals surface area contributed by atoms with E-state index in [1.807, 2.05) is 12.1 Å². The number of ether oxygens (including phenoxy) is 2. The Kier molecular flexibility index (Phi) is 3.70. The van der Waals surface area contributed by atoms with Crippen molar-refractivity contribution < 1.29 is 14.3 Å². The highest BCUT2D eigenvalue weighted by Gasteiger charge is 2.20. The zero-order chi connectivity index (χ0) is 14.7. The minimum absolute atomic E-state index is 0.159. The first-order valence-corrected chi connectivity index (χ1v) is 6.58. The van der Waals surface area contributed by atoms with E-state index < -0.39 is 0 Å². The summed E-state index contributed by atoms with van der Waals surface area (Å²) in [7, 11) is 1.62. The molecule has 0 amide bonds. The van der Waals surface area contributed by atoms with Crippen molar-refractivity contribution >= 4 is 22.9 Å². The molecule has 3 rings (SSSR count). The number of H-pyrrole nitrogens is 1. The van der Waals surface area contributed by atoms with Crippen LogP contribution in [0, 0.1) is 0 Å². The van der Waals surface area contributed by atoms with Gasteiger partial charge in [-0.1, -0.05) is 0 Å². The number of aromatic nitrogens is 2. The van der Waals surface area contributed by atoms with Crippen molar-refractivity contribution in [2.45, 2.75) is 0 Å². The molecule has 0 fully saturated rings. The van der Waals surface area contributed by atoms with Crippen LogP contribution in [0.1, 0.15) is 5.56 Å². The predicted octanol–water partition coefficient (Wildman–Crippen LogP) is 1.58. The van der Waals surface area contributed by atoms with Crippen LogP contribution in [0.3, 0.4) is 0 Å². The van der Waals surface area contributed by atoms with E-state index in [1.54, 1.807) is 25.6 Å². The molecule has 6 heteroatoms. The van der Waals surface area contributed by atoms with Crippen LogP contribution >= 0.6 is 0 Å². The van der Waals surface area contributed by atoms with Crippen molar-refractivity contribution in [3.63, 3.8) is 0 Å². The third-order valence-electron chi connectivity index (χ3n) is 3.10. The minimum Gasteiger partial charge on any atom is -0.437 e. The van der Waals surface area contributed by atoms with Crippen LogP contribution in [0.15, 0.2) is 42.2 Å². The van der Waals surface area contributed by atoms with E-state index in [0.29, 0.717) is 24.8 Å². The number of rotatable bonds is 5. The van der Waals surface area contributed by atoms with Gasteiger partial charge in [-0.25, -0.2) is 4.98 Å². The molecular weight excluding hydrogens is 270 g/mol. The van der Waals surface area contributed by atoms with Gasteiger partial charge >= 0.3 is 0 Å². The van der Waals surface area contributed by atoms with Gasteiger partial charge in [0.2, 0.25) is 5.78 Å². The largest absolute Gasteiger partial charge is 0.437 e. The van der Waals surface area contributed by atoms with Gasteiger partial charge in [0, 0.05) is 43.1 Å². The number of methoxy groups -OCH3 is 1. The maximum Gasteiger partial charge on any atom is 0.226 e. The first-order chi connectivity index (χ1) is 10.3. The Labute approximate surface area is 121 Å². The molecule has 0 saturated heterocycles. The lowest BCUT2D eigenvalue weighted by Crippen LogP contribution is -2.18. The highest BCUT2D eigenvalue weighted by atomic mass is 16.5. The number of carbonyl (C=O) groups excluding carboxylic acids is 1. The molecule has 108 valence electrons. The van der Waals surface area contributed by atoms with E-state index >= 15 is 0 Å². The van der Waals surface area contributed by atoms with E-state index in [0.717, 1.165) is 16.6 Å². The molecule has 2 aromatic rings. The van der Waals surface area contributed by atoms with Crippen molar-refractivity contribution in [3.05, 3.63) is 47.8 Å². The number of nitrogens with zero attached hydrogens (tertiary/aromatic N) is 1. The van der Waals surface area contributed by atoms with Crippen LogP contribution in [0.5, 0.6) is 0 Å². The quantitative estimate of drug-likeness (QED) is 0.644. The molecule has 3 heterocycles. The fraction of sp³-hybridized carbons (Fsp3) is 0.200. The second-order valence-corrected chi connectivity index (χ2v) is 4.55. The summed E-state index contributed by atoms with van der Waals surface area (Å²) in [4.78, 5) is 19.2. The normalized spacial score (nSPS) is 16.3. The van der Waals surface area contributed by atoms with E-state index in [4.69, 9.17) is 9.47 Å². The molecule has 0 spiro atoms. The van der Waals surface area contributed by atoms with Gasteiger partial charge in [0.25, 0.3) is 0 Å². The highest BCUT2D eigenvalue weighted by Crippen LogP contribution is 2.23. The third kappa shape index (κ3) is 2.80. The number of allylic oxidation sites excluding steroid dienone is 1. The van der Waals surface area contributed by atoms with Crippen LogP contribution in [0.25, 0.3) is 17.1 Å². The molecule has 21 heavy (non-hydrogen) atoms. The fourth-order valence-corrected chi connectivity index (χ4v) is 2.09. The summed E-state index contributed by atoms with van der Waals surface area (Å²) in [5.74, 6) is 0.578. The van der Waals surface area contributed by atoms with E-state index in [-0.39, 0.29) is 5.78 Å². The molecule has 0 aliphatic carbocycles. The van der Waals surface area contributed by atoms with Crippen LogP contribution in [0.2, 0.25) is 0 Å². The SMILES string of the molecule is COCCNC1=CC(=O)C(=Cc2c[nH]c3ncccc23)O1. The van der Waals surface area contributed by atoms with Gasteiger partial charge < -0.3 is 19.8 Å². The smallest absolute Gasteiger partial charge is 0.226 e. The van der Waals surface area contributed by atoms with Gasteiger partial charge in [-0.05, 0) is 18.2 Å². The van der Waals surface area contributed by atoms with Crippen LogP contribution in [-0.2, 0) is 14.3 Å². The Morgan fingerprint density at radius 1 is 1.52 bits per heavy atom. The zero-order valence-corrected chi connectivity index (χ0v) is 11.6. The molecule has 0 bridgehead atoms.